The molecule has 0 aromatic carbocycles. The number of unbranched alkanes of at least 4 members (excludes halogenated alkanes) is 3. The highest BCUT2D eigenvalue weighted by Gasteiger charge is 2.15. The van der Waals surface area contributed by atoms with Gasteiger partial charge < -0.3 is 9.47 Å². The van der Waals surface area contributed by atoms with E-state index in [0.29, 0.717) is 19.6 Å². The van der Waals surface area contributed by atoms with E-state index in [1.807, 2.05) is 13.8 Å². The second-order valence-electron chi connectivity index (χ2n) is 4.98. The molecule has 0 saturated carbocycles. The average molecular weight is 301 g/mol. The maximum Gasteiger partial charge on any atom is 0.232 e. The van der Waals surface area contributed by atoms with Crippen LogP contribution in [0.5, 0.6) is 0 Å². The Morgan fingerprint density at radius 1 is 1.06 bits per heavy atom. The second-order valence-corrected chi connectivity index (χ2v) is 7.88. The highest BCUT2D eigenvalue weighted by atomic mass is 35.7. The van der Waals surface area contributed by atoms with Gasteiger partial charge in [0.15, 0.2) is 0 Å². The number of methoxy groups -OCH3 is 1. The first-order valence-electron chi connectivity index (χ1n) is 6.32. The molecule has 0 rings (SSSR count). The van der Waals surface area contributed by atoms with Crippen LogP contribution in [-0.4, -0.2) is 40.1 Å². The lowest BCUT2D eigenvalue weighted by Crippen LogP contribution is -2.24. The van der Waals surface area contributed by atoms with Gasteiger partial charge in [-0.3, -0.25) is 0 Å². The smallest absolute Gasteiger partial charge is 0.232 e. The Hall–Kier alpha value is 0.160. The summed E-state index contributed by atoms with van der Waals surface area (Å²) in [5.74, 6) is 0.0669. The van der Waals surface area contributed by atoms with Crippen LogP contribution in [0.4, 0.5) is 0 Å². The van der Waals surface area contributed by atoms with Crippen molar-refractivity contribution in [3.05, 3.63) is 0 Å². The van der Waals surface area contributed by atoms with Gasteiger partial charge in [-0.1, -0.05) is 12.8 Å². The van der Waals surface area contributed by atoms with E-state index in [1.54, 1.807) is 7.11 Å². The first kappa shape index (κ1) is 18.2. The maximum absolute atomic E-state index is 10.7. The van der Waals surface area contributed by atoms with Gasteiger partial charge in [0.2, 0.25) is 9.05 Å². The fourth-order valence-corrected chi connectivity index (χ4v) is 2.23. The monoisotopic (exact) mass is 300 g/mol. The molecule has 0 radical (unpaired) electrons. The standard InChI is InChI=1S/C12H25ClO4S/c1-12(2,16-3)8-10-17-9-6-4-5-7-11-18(13,14)15/h4-11H2,1-3H3. The van der Waals surface area contributed by atoms with Crippen LogP contribution in [0.25, 0.3) is 0 Å². The van der Waals surface area contributed by atoms with Gasteiger partial charge in [0.05, 0.1) is 11.4 Å². The molecule has 0 aliphatic rings. The molecule has 0 spiro atoms. The van der Waals surface area contributed by atoms with Crippen LogP contribution in [0.15, 0.2) is 0 Å². The molecule has 0 fully saturated rings. The molecular weight excluding hydrogens is 276 g/mol. The summed E-state index contributed by atoms with van der Waals surface area (Å²) in [6.07, 6.45) is 4.30. The summed E-state index contributed by atoms with van der Waals surface area (Å²) in [7, 11) is 3.49. The predicted molar refractivity (Wildman–Crippen MR) is 74.6 cm³/mol. The molecule has 0 aromatic heterocycles. The van der Waals surface area contributed by atoms with E-state index in [0.717, 1.165) is 25.7 Å². The first-order chi connectivity index (χ1) is 8.27. The van der Waals surface area contributed by atoms with Crippen LogP contribution in [0, 0.1) is 0 Å². The van der Waals surface area contributed by atoms with Gasteiger partial charge in [-0.15, -0.1) is 0 Å². The summed E-state index contributed by atoms with van der Waals surface area (Å²) in [6.45, 7) is 5.47. The molecule has 0 aliphatic carbocycles. The third kappa shape index (κ3) is 12.6. The number of ether oxygens (including phenoxy) is 2. The van der Waals surface area contributed by atoms with Crippen LogP contribution >= 0.6 is 10.7 Å². The number of hydrogen-bond acceptors (Lipinski definition) is 4. The molecule has 0 aliphatic heterocycles. The van der Waals surface area contributed by atoms with Crippen molar-refractivity contribution in [1.29, 1.82) is 0 Å². The Morgan fingerprint density at radius 2 is 1.67 bits per heavy atom. The molecule has 0 N–H and O–H groups in total. The molecule has 110 valence electrons. The quantitative estimate of drug-likeness (QED) is 0.435. The Kier molecular flexibility index (Phi) is 9.21. The lowest BCUT2D eigenvalue weighted by molar-refractivity contribution is -0.0101. The molecule has 0 amide bonds. The lowest BCUT2D eigenvalue weighted by atomic mass is 10.1. The molecule has 4 nitrogen and oxygen atoms in total. The van der Waals surface area contributed by atoms with Crippen molar-refractivity contribution in [3.63, 3.8) is 0 Å². The molecule has 0 saturated heterocycles. The summed E-state index contributed by atoms with van der Waals surface area (Å²) in [5, 5.41) is 0. The molecular formula is C12H25ClO4S. The Morgan fingerprint density at radius 3 is 2.22 bits per heavy atom. The molecule has 0 bridgehead atoms. The van der Waals surface area contributed by atoms with Gasteiger partial charge >= 0.3 is 0 Å². The minimum atomic E-state index is -3.32. The maximum atomic E-state index is 10.7. The molecule has 0 heterocycles. The minimum absolute atomic E-state index is 0.0669. The van der Waals surface area contributed by atoms with Crippen LogP contribution in [-0.2, 0) is 18.5 Å². The number of halogens is 1. The van der Waals surface area contributed by atoms with Crippen LogP contribution in [0.1, 0.15) is 46.0 Å². The number of hydrogen-bond donors (Lipinski definition) is 0. The highest BCUT2D eigenvalue weighted by Crippen LogP contribution is 2.12. The molecule has 0 aromatic rings. The van der Waals surface area contributed by atoms with E-state index >= 15 is 0 Å². The third-order valence-corrected chi connectivity index (χ3v) is 4.07. The van der Waals surface area contributed by atoms with Gasteiger partial charge in [0.25, 0.3) is 0 Å². The van der Waals surface area contributed by atoms with Crippen molar-refractivity contribution in [2.75, 3.05) is 26.1 Å². The first-order valence-corrected chi connectivity index (χ1v) is 8.80. The van der Waals surface area contributed by atoms with E-state index in [4.69, 9.17) is 20.2 Å². The summed E-state index contributed by atoms with van der Waals surface area (Å²) >= 11 is 0. The van der Waals surface area contributed by atoms with Crippen molar-refractivity contribution in [2.24, 2.45) is 0 Å². The highest BCUT2D eigenvalue weighted by molar-refractivity contribution is 8.13. The molecule has 0 atom stereocenters. The number of rotatable bonds is 11. The average Bonchev–Trinajstić information content (AvgIpc) is 2.25. The van der Waals surface area contributed by atoms with Crippen molar-refractivity contribution < 1.29 is 17.9 Å². The van der Waals surface area contributed by atoms with Crippen molar-refractivity contribution in [2.45, 2.75) is 51.6 Å². The van der Waals surface area contributed by atoms with Crippen LogP contribution < -0.4 is 0 Å². The van der Waals surface area contributed by atoms with E-state index < -0.39 is 9.05 Å². The summed E-state index contributed by atoms with van der Waals surface area (Å²) < 4.78 is 32.1. The minimum Gasteiger partial charge on any atom is -0.381 e. The summed E-state index contributed by atoms with van der Waals surface area (Å²) in [4.78, 5) is 0. The van der Waals surface area contributed by atoms with Gasteiger partial charge in [0.1, 0.15) is 0 Å². The fourth-order valence-electron chi connectivity index (χ4n) is 1.35. The Balaban J connectivity index is 3.27. The Labute approximate surface area is 115 Å². The summed E-state index contributed by atoms with van der Waals surface area (Å²) in [5.41, 5.74) is -0.130. The van der Waals surface area contributed by atoms with E-state index in [-0.39, 0.29) is 11.4 Å². The van der Waals surface area contributed by atoms with E-state index in [2.05, 4.69) is 0 Å². The van der Waals surface area contributed by atoms with Gasteiger partial charge in [-0.05, 0) is 33.1 Å². The van der Waals surface area contributed by atoms with Crippen molar-refractivity contribution in [3.8, 4) is 0 Å². The zero-order valence-electron chi connectivity index (χ0n) is 11.6. The molecule has 0 unspecified atom stereocenters. The molecule has 6 heteroatoms. The van der Waals surface area contributed by atoms with Crippen LogP contribution in [0.2, 0.25) is 0 Å². The Bertz CT molecular complexity index is 301. The predicted octanol–water partition coefficient (Wildman–Crippen LogP) is 2.95. The van der Waals surface area contributed by atoms with E-state index in [9.17, 15) is 8.42 Å². The summed E-state index contributed by atoms with van der Waals surface area (Å²) in [6, 6.07) is 0. The lowest BCUT2D eigenvalue weighted by Gasteiger charge is -2.22. The van der Waals surface area contributed by atoms with Gasteiger partial charge in [-0.25, -0.2) is 8.42 Å². The SMILES string of the molecule is COC(C)(C)CCOCCCCCCS(=O)(=O)Cl. The topological polar surface area (TPSA) is 52.6 Å². The van der Waals surface area contributed by atoms with Crippen LogP contribution in [0.3, 0.4) is 0 Å². The fraction of sp³-hybridized carbons (Fsp3) is 1.00. The van der Waals surface area contributed by atoms with Gasteiger partial charge in [0, 0.05) is 31.0 Å². The largest absolute Gasteiger partial charge is 0.381 e. The van der Waals surface area contributed by atoms with E-state index in [1.165, 1.54) is 0 Å². The normalized spacial score (nSPS) is 12.9. The third-order valence-electron chi connectivity index (χ3n) is 2.83. The zero-order valence-corrected chi connectivity index (χ0v) is 13.1. The van der Waals surface area contributed by atoms with Crippen molar-refractivity contribution >= 4 is 19.7 Å². The zero-order chi connectivity index (χ0) is 14.1. The van der Waals surface area contributed by atoms with Crippen molar-refractivity contribution in [1.82, 2.24) is 0 Å². The van der Waals surface area contributed by atoms with Gasteiger partial charge in [-0.2, -0.15) is 0 Å². The second kappa shape index (κ2) is 9.13. The molecule has 18 heavy (non-hydrogen) atoms.